The molecule has 1 aliphatic heterocycles. The third-order valence-corrected chi connectivity index (χ3v) is 4.30. The zero-order valence-electron chi connectivity index (χ0n) is 15.1. The Kier molecular flexibility index (Phi) is 6.14. The lowest BCUT2D eigenvalue weighted by molar-refractivity contribution is -0.0104. The monoisotopic (exact) mass is 356 g/mol. The van der Waals surface area contributed by atoms with E-state index >= 15 is 0 Å². The molecular weight excluding hydrogens is 332 g/mol. The van der Waals surface area contributed by atoms with Crippen LogP contribution < -0.4 is 5.32 Å². The summed E-state index contributed by atoms with van der Waals surface area (Å²) in [5.41, 5.74) is 2.29. The molecule has 0 spiro atoms. The molecule has 1 amide bonds. The third kappa shape index (κ3) is 4.56. The maximum atomic E-state index is 13.0. The largest absolute Gasteiger partial charge is 0.385 e. The Morgan fingerprint density at radius 2 is 2.31 bits per heavy atom. The molecule has 1 aliphatic rings. The predicted molar refractivity (Wildman–Crippen MR) is 98.6 cm³/mol. The number of nitrogens with one attached hydrogen (secondary N) is 1. The van der Waals surface area contributed by atoms with Crippen molar-refractivity contribution in [2.24, 2.45) is 0 Å². The van der Waals surface area contributed by atoms with Gasteiger partial charge in [0.25, 0.3) is 5.91 Å². The molecule has 2 heterocycles. The van der Waals surface area contributed by atoms with Gasteiger partial charge in [-0.3, -0.25) is 4.79 Å². The van der Waals surface area contributed by atoms with E-state index < -0.39 is 0 Å². The van der Waals surface area contributed by atoms with E-state index in [1.807, 2.05) is 42.2 Å². The first-order valence-electron chi connectivity index (χ1n) is 8.72. The number of morpholine rings is 1. The van der Waals surface area contributed by atoms with Gasteiger partial charge in [0.2, 0.25) is 5.95 Å². The second kappa shape index (κ2) is 8.73. The highest BCUT2D eigenvalue weighted by Gasteiger charge is 2.27. The normalized spacial score (nSPS) is 17.2. The molecule has 26 heavy (non-hydrogen) atoms. The summed E-state index contributed by atoms with van der Waals surface area (Å²) in [5.74, 6) is 0.516. The van der Waals surface area contributed by atoms with Crippen LogP contribution in [-0.2, 0) is 9.47 Å². The van der Waals surface area contributed by atoms with Gasteiger partial charge in [-0.1, -0.05) is 6.07 Å². The highest BCUT2D eigenvalue weighted by molar-refractivity contribution is 5.95. The van der Waals surface area contributed by atoms with Gasteiger partial charge >= 0.3 is 0 Å². The molecule has 0 bridgehead atoms. The summed E-state index contributed by atoms with van der Waals surface area (Å²) in [4.78, 5) is 23.4. The molecule has 0 aliphatic carbocycles. The summed E-state index contributed by atoms with van der Waals surface area (Å²) in [6.07, 6.45) is 2.46. The fourth-order valence-corrected chi connectivity index (χ4v) is 2.95. The summed E-state index contributed by atoms with van der Waals surface area (Å²) < 4.78 is 10.7. The Bertz CT molecular complexity index is 753. The Labute approximate surface area is 153 Å². The number of anilines is 2. The van der Waals surface area contributed by atoms with Crippen molar-refractivity contribution in [1.82, 2.24) is 14.9 Å². The van der Waals surface area contributed by atoms with Crippen LogP contribution in [0.15, 0.2) is 36.5 Å². The van der Waals surface area contributed by atoms with Gasteiger partial charge in [0.05, 0.1) is 19.3 Å². The maximum Gasteiger partial charge on any atom is 0.254 e. The fraction of sp³-hybridized carbons (Fsp3) is 0.421. The molecule has 2 aromatic rings. The lowest BCUT2D eigenvalue weighted by atomic mass is 10.1. The van der Waals surface area contributed by atoms with Crippen molar-refractivity contribution in [3.05, 3.63) is 47.8 Å². The molecule has 1 atom stereocenters. The minimum absolute atomic E-state index is 0.00298. The molecule has 0 saturated carbocycles. The first-order valence-corrected chi connectivity index (χ1v) is 8.72. The van der Waals surface area contributed by atoms with Crippen LogP contribution in [0.1, 0.15) is 22.5 Å². The molecule has 7 nitrogen and oxygen atoms in total. The minimum atomic E-state index is 0.00298. The standard InChI is InChI=1S/C19H24N4O3/c1-14-6-8-20-19(21-14)22-16-5-3-4-15(12-16)18(24)23-9-11-26-13-17(23)7-10-25-2/h3-6,8,12,17H,7,9-11,13H2,1-2H3,(H,20,21,22)/t17-/m0/s1. The van der Waals surface area contributed by atoms with Crippen LogP contribution in [0.25, 0.3) is 0 Å². The van der Waals surface area contributed by atoms with E-state index in [2.05, 4.69) is 15.3 Å². The summed E-state index contributed by atoms with van der Waals surface area (Å²) in [6, 6.07) is 9.28. The lowest BCUT2D eigenvalue weighted by Crippen LogP contribution is -2.49. The number of methoxy groups -OCH3 is 1. The molecule has 1 N–H and O–H groups in total. The van der Waals surface area contributed by atoms with Crippen molar-refractivity contribution in [3.63, 3.8) is 0 Å². The van der Waals surface area contributed by atoms with Crippen LogP contribution in [0.2, 0.25) is 0 Å². The van der Waals surface area contributed by atoms with E-state index in [1.54, 1.807) is 13.3 Å². The number of rotatable bonds is 6. The fourth-order valence-electron chi connectivity index (χ4n) is 2.95. The quantitative estimate of drug-likeness (QED) is 0.856. The van der Waals surface area contributed by atoms with Crippen LogP contribution in [-0.4, -0.2) is 60.3 Å². The zero-order valence-corrected chi connectivity index (χ0v) is 15.1. The van der Waals surface area contributed by atoms with Crippen LogP contribution in [0, 0.1) is 6.92 Å². The second-order valence-electron chi connectivity index (χ2n) is 6.24. The van der Waals surface area contributed by atoms with Crippen molar-refractivity contribution in [2.75, 3.05) is 38.8 Å². The molecule has 0 radical (unpaired) electrons. The van der Waals surface area contributed by atoms with Gasteiger partial charge in [-0.15, -0.1) is 0 Å². The van der Waals surface area contributed by atoms with Crippen LogP contribution in [0.4, 0.5) is 11.6 Å². The van der Waals surface area contributed by atoms with Gasteiger partial charge in [-0.25, -0.2) is 9.97 Å². The first-order chi connectivity index (χ1) is 12.7. The summed E-state index contributed by atoms with van der Waals surface area (Å²) in [5, 5.41) is 3.15. The number of amides is 1. The van der Waals surface area contributed by atoms with E-state index in [1.165, 1.54) is 0 Å². The smallest absolute Gasteiger partial charge is 0.254 e. The van der Waals surface area contributed by atoms with Gasteiger partial charge in [-0.2, -0.15) is 0 Å². The minimum Gasteiger partial charge on any atom is -0.385 e. The number of aryl methyl sites for hydroxylation is 1. The Hall–Kier alpha value is -2.51. The van der Waals surface area contributed by atoms with E-state index in [0.29, 0.717) is 37.9 Å². The number of hydrogen-bond acceptors (Lipinski definition) is 6. The summed E-state index contributed by atoms with van der Waals surface area (Å²) in [6.45, 7) is 4.20. The Balaban J connectivity index is 1.74. The number of nitrogens with zero attached hydrogens (tertiary/aromatic N) is 3. The van der Waals surface area contributed by atoms with Crippen LogP contribution in [0.3, 0.4) is 0 Å². The van der Waals surface area contributed by atoms with Gasteiger partial charge in [0, 0.05) is 43.4 Å². The lowest BCUT2D eigenvalue weighted by Gasteiger charge is -2.35. The van der Waals surface area contributed by atoms with Crippen molar-refractivity contribution >= 4 is 17.5 Å². The van der Waals surface area contributed by atoms with Gasteiger partial charge in [0.15, 0.2) is 0 Å². The van der Waals surface area contributed by atoms with Crippen molar-refractivity contribution in [3.8, 4) is 0 Å². The van der Waals surface area contributed by atoms with Crippen LogP contribution in [0.5, 0.6) is 0 Å². The highest BCUT2D eigenvalue weighted by atomic mass is 16.5. The number of carbonyl (C=O) groups excluding carboxylic acids is 1. The second-order valence-corrected chi connectivity index (χ2v) is 6.24. The molecule has 1 saturated heterocycles. The molecule has 138 valence electrons. The van der Waals surface area contributed by atoms with Crippen molar-refractivity contribution < 1.29 is 14.3 Å². The number of hydrogen-bond donors (Lipinski definition) is 1. The SMILES string of the molecule is COCC[C@H]1COCCN1C(=O)c1cccc(Nc2nccc(C)n2)c1. The van der Waals surface area contributed by atoms with Crippen molar-refractivity contribution in [2.45, 2.75) is 19.4 Å². The molecule has 3 rings (SSSR count). The number of aromatic nitrogens is 2. The average molecular weight is 356 g/mol. The summed E-state index contributed by atoms with van der Waals surface area (Å²) in [7, 11) is 1.67. The molecular formula is C19H24N4O3. The van der Waals surface area contributed by atoms with Crippen molar-refractivity contribution in [1.29, 1.82) is 0 Å². The Morgan fingerprint density at radius 1 is 1.42 bits per heavy atom. The van der Waals surface area contributed by atoms with E-state index in [4.69, 9.17) is 9.47 Å². The molecule has 1 fully saturated rings. The van der Waals surface area contributed by atoms with Crippen LogP contribution >= 0.6 is 0 Å². The highest BCUT2D eigenvalue weighted by Crippen LogP contribution is 2.19. The molecule has 7 heteroatoms. The Morgan fingerprint density at radius 3 is 3.12 bits per heavy atom. The molecule has 1 aromatic carbocycles. The van der Waals surface area contributed by atoms with E-state index in [-0.39, 0.29) is 11.9 Å². The maximum absolute atomic E-state index is 13.0. The van der Waals surface area contributed by atoms with Gasteiger partial charge in [-0.05, 0) is 37.6 Å². The van der Waals surface area contributed by atoms with Gasteiger partial charge < -0.3 is 19.7 Å². The predicted octanol–water partition coefficient (Wildman–Crippen LogP) is 2.41. The number of carbonyl (C=O) groups is 1. The third-order valence-electron chi connectivity index (χ3n) is 4.30. The average Bonchev–Trinajstić information content (AvgIpc) is 2.66. The summed E-state index contributed by atoms with van der Waals surface area (Å²) >= 11 is 0. The van der Waals surface area contributed by atoms with E-state index in [9.17, 15) is 4.79 Å². The zero-order chi connectivity index (χ0) is 18.4. The number of ether oxygens (including phenoxy) is 2. The molecule has 1 aromatic heterocycles. The van der Waals surface area contributed by atoms with Gasteiger partial charge in [0.1, 0.15) is 0 Å². The number of benzene rings is 1. The first kappa shape index (κ1) is 18.3. The molecule has 0 unspecified atom stereocenters. The topological polar surface area (TPSA) is 76.6 Å². The van der Waals surface area contributed by atoms with E-state index in [0.717, 1.165) is 17.8 Å².